The number of amides is 2. The molecule has 0 spiro atoms. The van der Waals surface area contributed by atoms with E-state index in [2.05, 4.69) is 0 Å². The number of thiophene rings is 1. The molecule has 0 saturated carbocycles. The second-order valence-electron chi connectivity index (χ2n) is 6.97. The van der Waals surface area contributed by atoms with Crippen molar-refractivity contribution in [2.45, 2.75) is 25.3 Å². The van der Waals surface area contributed by atoms with Crippen LogP contribution in [0.1, 0.15) is 24.8 Å². The molecule has 6 nitrogen and oxygen atoms in total. The molecule has 1 aliphatic rings. The van der Waals surface area contributed by atoms with Crippen molar-refractivity contribution in [3.63, 3.8) is 0 Å². The molecule has 29 heavy (non-hydrogen) atoms. The number of likely N-dealkylation sites (tertiary alicyclic amines) is 1. The topological polar surface area (TPSA) is 81.2 Å². The Balaban J connectivity index is 1.64. The van der Waals surface area contributed by atoms with Gasteiger partial charge in [-0.15, -0.1) is 11.3 Å². The predicted octanol–water partition coefficient (Wildman–Crippen LogP) is 3.48. The number of aromatic nitrogens is 2. The van der Waals surface area contributed by atoms with E-state index in [1.54, 1.807) is 22.3 Å². The number of hydrogen-bond donors (Lipinski definition) is 1. The van der Waals surface area contributed by atoms with Gasteiger partial charge in [-0.3, -0.25) is 9.59 Å². The third-order valence-electron chi connectivity index (χ3n) is 5.04. The van der Waals surface area contributed by atoms with Gasteiger partial charge in [-0.05, 0) is 48.9 Å². The summed E-state index contributed by atoms with van der Waals surface area (Å²) in [5.74, 6) is -0.638. The molecule has 1 atom stereocenters. The van der Waals surface area contributed by atoms with Crippen molar-refractivity contribution in [3.05, 3.63) is 65.7 Å². The first-order chi connectivity index (χ1) is 14.1. The monoisotopic (exact) mass is 406 g/mol. The van der Waals surface area contributed by atoms with Gasteiger partial charge in [0.15, 0.2) is 0 Å². The van der Waals surface area contributed by atoms with Crippen molar-refractivity contribution in [2.24, 2.45) is 5.73 Å². The quantitative estimate of drug-likeness (QED) is 0.659. The van der Waals surface area contributed by atoms with Crippen molar-refractivity contribution >= 4 is 29.2 Å². The number of nitrogens with zero attached hydrogens (tertiary/aromatic N) is 3. The van der Waals surface area contributed by atoms with E-state index in [9.17, 15) is 9.59 Å². The number of primary amides is 1. The number of nitrogens with two attached hydrogens (primary N) is 1. The molecule has 2 aromatic heterocycles. The average Bonchev–Trinajstić information content (AvgIpc) is 3.42. The number of carbonyl (C=O) groups excluding carboxylic acids is 2. The highest BCUT2D eigenvalue weighted by atomic mass is 32.1. The molecule has 3 heterocycles. The van der Waals surface area contributed by atoms with Crippen LogP contribution < -0.4 is 5.73 Å². The molecule has 0 bridgehead atoms. The Kier molecular flexibility index (Phi) is 5.57. The Morgan fingerprint density at radius 2 is 1.97 bits per heavy atom. The summed E-state index contributed by atoms with van der Waals surface area (Å²) in [7, 11) is 0. The molecule has 2 amide bonds. The van der Waals surface area contributed by atoms with Crippen molar-refractivity contribution in [1.82, 2.24) is 14.7 Å². The lowest BCUT2D eigenvalue weighted by Crippen LogP contribution is -2.49. The summed E-state index contributed by atoms with van der Waals surface area (Å²) in [5.41, 5.74) is 8.10. The van der Waals surface area contributed by atoms with Gasteiger partial charge in [0.25, 0.3) is 0 Å². The van der Waals surface area contributed by atoms with Gasteiger partial charge in [0.2, 0.25) is 11.8 Å². The number of piperidine rings is 1. The Labute approximate surface area is 173 Å². The van der Waals surface area contributed by atoms with E-state index in [1.165, 1.54) is 6.08 Å². The third kappa shape index (κ3) is 4.14. The van der Waals surface area contributed by atoms with E-state index in [-0.39, 0.29) is 5.91 Å². The first-order valence-corrected chi connectivity index (χ1v) is 10.5. The van der Waals surface area contributed by atoms with E-state index in [1.807, 2.05) is 58.7 Å². The maximum atomic E-state index is 12.8. The lowest BCUT2D eigenvalue weighted by atomic mass is 10.0. The van der Waals surface area contributed by atoms with Gasteiger partial charge < -0.3 is 10.6 Å². The fourth-order valence-corrected chi connectivity index (χ4v) is 4.31. The minimum Gasteiger partial charge on any atom is -0.368 e. The van der Waals surface area contributed by atoms with Gasteiger partial charge in [0, 0.05) is 24.4 Å². The van der Waals surface area contributed by atoms with Crippen LogP contribution in [-0.2, 0) is 9.59 Å². The van der Waals surface area contributed by atoms with Crippen molar-refractivity contribution in [2.75, 3.05) is 6.54 Å². The van der Waals surface area contributed by atoms with E-state index in [0.29, 0.717) is 13.0 Å². The molecule has 1 aliphatic heterocycles. The lowest BCUT2D eigenvalue weighted by Gasteiger charge is -2.32. The summed E-state index contributed by atoms with van der Waals surface area (Å²) >= 11 is 1.60. The van der Waals surface area contributed by atoms with Crippen molar-refractivity contribution < 1.29 is 9.59 Å². The molecule has 7 heteroatoms. The second kappa shape index (κ2) is 8.45. The van der Waals surface area contributed by atoms with Crippen molar-refractivity contribution in [1.29, 1.82) is 0 Å². The van der Waals surface area contributed by atoms with Crippen LogP contribution >= 0.6 is 11.3 Å². The van der Waals surface area contributed by atoms with E-state index < -0.39 is 11.9 Å². The van der Waals surface area contributed by atoms with Gasteiger partial charge >= 0.3 is 0 Å². The van der Waals surface area contributed by atoms with Crippen LogP contribution in [-0.4, -0.2) is 39.1 Å². The van der Waals surface area contributed by atoms with E-state index in [0.717, 1.165) is 34.7 Å². The minimum absolute atomic E-state index is 0.196. The van der Waals surface area contributed by atoms with E-state index in [4.69, 9.17) is 10.8 Å². The Morgan fingerprint density at radius 1 is 1.14 bits per heavy atom. The molecule has 0 radical (unpaired) electrons. The van der Waals surface area contributed by atoms with Crippen LogP contribution in [0.25, 0.3) is 22.3 Å². The number of carbonyl (C=O) groups is 2. The van der Waals surface area contributed by atoms with Crippen LogP contribution in [0.3, 0.4) is 0 Å². The Morgan fingerprint density at radius 3 is 2.69 bits per heavy atom. The second-order valence-corrected chi connectivity index (χ2v) is 7.92. The predicted molar refractivity (Wildman–Crippen MR) is 114 cm³/mol. The summed E-state index contributed by atoms with van der Waals surface area (Å²) in [6, 6.07) is 13.3. The highest BCUT2D eigenvalue weighted by Crippen LogP contribution is 2.29. The standard InChI is InChI=1S/C22H22N4O2S/c23-22(28)18-9-4-5-13-25(18)20(27)12-11-16-15-26(17-7-2-1-3-8-17)24-21(16)19-10-6-14-29-19/h1-3,6-8,10-12,14-15,18H,4-5,9,13H2,(H2,23,28). The summed E-state index contributed by atoms with van der Waals surface area (Å²) in [5, 5.41) is 6.73. The zero-order valence-electron chi connectivity index (χ0n) is 15.9. The molecule has 0 aliphatic carbocycles. The molecule has 148 valence electrons. The smallest absolute Gasteiger partial charge is 0.247 e. The van der Waals surface area contributed by atoms with Gasteiger partial charge in [-0.2, -0.15) is 5.10 Å². The Hall–Kier alpha value is -3.19. The molecule has 1 unspecified atom stereocenters. The van der Waals surface area contributed by atoms with Crippen LogP contribution in [0.15, 0.2) is 60.1 Å². The molecule has 4 rings (SSSR count). The lowest BCUT2D eigenvalue weighted by molar-refractivity contribution is -0.137. The molecule has 1 aromatic carbocycles. The largest absolute Gasteiger partial charge is 0.368 e. The third-order valence-corrected chi connectivity index (χ3v) is 5.91. The minimum atomic E-state index is -0.523. The van der Waals surface area contributed by atoms with Crippen LogP contribution in [0.2, 0.25) is 0 Å². The molecular formula is C22H22N4O2S. The van der Waals surface area contributed by atoms with Gasteiger partial charge in [0.1, 0.15) is 11.7 Å². The SMILES string of the molecule is NC(=O)C1CCCCN1C(=O)C=Cc1cn(-c2ccccc2)nc1-c1cccs1. The maximum absolute atomic E-state index is 12.8. The number of rotatable bonds is 5. The zero-order chi connectivity index (χ0) is 20.2. The molecule has 1 saturated heterocycles. The van der Waals surface area contributed by atoms with Crippen LogP contribution in [0.4, 0.5) is 0 Å². The average molecular weight is 407 g/mol. The first kappa shape index (κ1) is 19.1. The van der Waals surface area contributed by atoms with Crippen LogP contribution in [0, 0.1) is 0 Å². The van der Waals surface area contributed by atoms with Gasteiger partial charge in [-0.1, -0.05) is 24.3 Å². The zero-order valence-corrected chi connectivity index (χ0v) is 16.7. The molecule has 1 fully saturated rings. The highest BCUT2D eigenvalue weighted by Gasteiger charge is 2.29. The summed E-state index contributed by atoms with van der Waals surface area (Å²) in [6.07, 6.45) is 7.63. The summed E-state index contributed by atoms with van der Waals surface area (Å²) in [4.78, 5) is 27.1. The van der Waals surface area contributed by atoms with Crippen LogP contribution in [0.5, 0.6) is 0 Å². The molecule has 2 N–H and O–H groups in total. The first-order valence-electron chi connectivity index (χ1n) is 9.60. The van der Waals surface area contributed by atoms with Gasteiger partial charge in [0.05, 0.1) is 10.6 Å². The normalized spacial score (nSPS) is 17.0. The summed E-state index contributed by atoms with van der Waals surface area (Å²) in [6.45, 7) is 0.553. The highest BCUT2D eigenvalue weighted by molar-refractivity contribution is 7.13. The number of benzene rings is 1. The fraction of sp³-hybridized carbons (Fsp3) is 0.227. The molecular weight excluding hydrogens is 384 g/mol. The molecule has 3 aromatic rings. The Bertz CT molecular complexity index is 1020. The fourth-order valence-electron chi connectivity index (χ4n) is 3.57. The number of para-hydroxylation sites is 1. The van der Waals surface area contributed by atoms with E-state index >= 15 is 0 Å². The van der Waals surface area contributed by atoms with Crippen molar-refractivity contribution in [3.8, 4) is 16.3 Å². The number of hydrogen-bond acceptors (Lipinski definition) is 4. The van der Waals surface area contributed by atoms with Gasteiger partial charge in [-0.25, -0.2) is 4.68 Å². The summed E-state index contributed by atoms with van der Waals surface area (Å²) < 4.78 is 1.81. The maximum Gasteiger partial charge on any atom is 0.247 e.